The van der Waals surface area contributed by atoms with Crippen molar-refractivity contribution in [2.45, 2.75) is 0 Å². The Kier molecular flexibility index (Phi) is 18.7. The van der Waals surface area contributed by atoms with Crippen LogP contribution in [-0.2, 0) is 33.3 Å². The van der Waals surface area contributed by atoms with Crippen molar-refractivity contribution in [3.8, 4) is 0 Å². The second-order valence-electron chi connectivity index (χ2n) is 6.28. The molecular weight excluding hydrogens is 496 g/mol. The normalized spacial score (nSPS) is 8.39. The molecule has 4 aromatic rings. The van der Waals surface area contributed by atoms with E-state index in [1.54, 1.807) is 122 Å². The van der Waals surface area contributed by atoms with Crippen LogP contribution in [0, 0.1) is 0 Å². The van der Waals surface area contributed by atoms with Crippen molar-refractivity contribution in [2.75, 3.05) is 0 Å². The first-order valence-electron chi connectivity index (χ1n) is 10.1. The quantitative estimate of drug-likeness (QED) is 0.290. The fourth-order valence-corrected chi connectivity index (χ4v) is 2.17. The summed E-state index contributed by atoms with van der Waals surface area (Å²) >= 11 is 0.750. The van der Waals surface area contributed by atoms with E-state index in [1.165, 1.54) is 0 Å². The van der Waals surface area contributed by atoms with E-state index in [4.69, 9.17) is 13.5 Å². The zero-order chi connectivity index (χ0) is 27.0. The molecule has 0 atom stereocenters. The van der Waals surface area contributed by atoms with Gasteiger partial charge in [0.25, 0.3) is 0 Å². The summed E-state index contributed by atoms with van der Waals surface area (Å²) in [6, 6.07) is 34.4. The average molecular weight is 518 g/mol. The van der Waals surface area contributed by atoms with Crippen LogP contribution in [-0.4, -0.2) is 34.7 Å². The molecule has 0 aromatic heterocycles. The van der Waals surface area contributed by atoms with Crippen molar-refractivity contribution >= 4 is 24.5 Å². The Morgan fingerprint density at radius 2 is 0.694 bits per heavy atom. The van der Waals surface area contributed by atoms with Crippen molar-refractivity contribution in [1.82, 2.24) is 0 Å². The van der Waals surface area contributed by atoms with Crippen molar-refractivity contribution < 1.29 is 53.1 Å². The third kappa shape index (κ3) is 15.5. The molecule has 0 aliphatic carbocycles. The fourth-order valence-electron chi connectivity index (χ4n) is 2.17. The molecular formula is C28H22O7Ti. The van der Waals surface area contributed by atoms with E-state index in [9.17, 15) is 19.2 Å². The molecule has 0 heterocycles. The van der Waals surface area contributed by atoms with Gasteiger partial charge in [-0.3, -0.25) is 0 Å². The molecule has 0 amide bonds. The van der Waals surface area contributed by atoms with Crippen LogP contribution in [0.1, 0.15) is 31.8 Å². The van der Waals surface area contributed by atoms with Gasteiger partial charge >= 0.3 is 35.7 Å². The standard InChI is InChI=1S/2C7H6O2.2C7H5O.O.Ti/c2*8-7(9)6-4-2-1-3-5-6;2*8-6-7-4-2-1-3-5-7;;/h2*1-5H,(H,8,9);2*1-5H;;/q;;2*-1;;+2. The summed E-state index contributed by atoms with van der Waals surface area (Å²) in [5, 5.41) is 16.8. The molecule has 7 nitrogen and oxygen atoms in total. The monoisotopic (exact) mass is 518 g/mol. The van der Waals surface area contributed by atoms with Crippen molar-refractivity contribution in [3.63, 3.8) is 0 Å². The minimum atomic E-state index is -0.879. The average Bonchev–Trinajstić information content (AvgIpc) is 2.97. The Morgan fingerprint density at radius 3 is 0.833 bits per heavy atom. The Labute approximate surface area is 220 Å². The van der Waals surface area contributed by atoms with E-state index in [-0.39, 0.29) is 0 Å². The second kappa shape index (κ2) is 21.2. The van der Waals surface area contributed by atoms with Crippen LogP contribution in [0.4, 0.5) is 0 Å². The predicted molar refractivity (Wildman–Crippen MR) is 130 cm³/mol. The molecule has 0 radical (unpaired) electrons. The number of aromatic carboxylic acids is 2. The number of rotatable bonds is 4. The van der Waals surface area contributed by atoms with Gasteiger partial charge in [-0.1, -0.05) is 48.5 Å². The molecule has 0 saturated carbocycles. The van der Waals surface area contributed by atoms with Crippen molar-refractivity contribution in [1.29, 1.82) is 0 Å². The van der Waals surface area contributed by atoms with Gasteiger partial charge < -0.3 is 19.8 Å². The Morgan fingerprint density at radius 1 is 0.472 bits per heavy atom. The van der Waals surface area contributed by atoms with Crippen molar-refractivity contribution in [3.05, 3.63) is 144 Å². The molecule has 180 valence electrons. The predicted octanol–water partition coefficient (Wildman–Crippen LogP) is 4.94. The summed E-state index contributed by atoms with van der Waals surface area (Å²) in [4.78, 5) is 40.2. The molecule has 4 aromatic carbocycles. The molecule has 2 N–H and O–H groups in total. The van der Waals surface area contributed by atoms with Crippen LogP contribution in [0.3, 0.4) is 0 Å². The van der Waals surface area contributed by atoms with Crippen LogP contribution in [0.25, 0.3) is 0 Å². The van der Waals surface area contributed by atoms with Crippen molar-refractivity contribution in [2.24, 2.45) is 0 Å². The van der Waals surface area contributed by atoms with E-state index in [2.05, 4.69) is 0 Å². The molecule has 0 unspecified atom stereocenters. The maximum atomic E-state index is 10.2. The fraction of sp³-hybridized carbons (Fsp3) is 0. The molecule has 4 rings (SSSR count). The van der Waals surface area contributed by atoms with E-state index in [0.29, 0.717) is 22.3 Å². The first-order valence-corrected chi connectivity index (χ1v) is 10.7. The van der Waals surface area contributed by atoms with E-state index >= 15 is 0 Å². The van der Waals surface area contributed by atoms with Gasteiger partial charge in [0.05, 0.1) is 23.7 Å². The van der Waals surface area contributed by atoms with Gasteiger partial charge in [0, 0.05) is 0 Å². The molecule has 0 spiro atoms. The van der Waals surface area contributed by atoms with E-state index in [1.807, 2.05) is 12.1 Å². The van der Waals surface area contributed by atoms with Gasteiger partial charge in [-0.2, -0.15) is 35.4 Å². The Balaban J connectivity index is 0.000000444. The summed E-state index contributed by atoms with van der Waals surface area (Å²) in [6.45, 7) is 0. The minimum absolute atomic E-state index is 0.331. The Hall–Kier alpha value is -4.33. The van der Waals surface area contributed by atoms with Gasteiger partial charge in [0.15, 0.2) is 0 Å². The zero-order valence-corrected chi connectivity index (χ0v) is 20.5. The first kappa shape index (κ1) is 31.7. The van der Waals surface area contributed by atoms with Gasteiger partial charge in [0.1, 0.15) is 0 Å². The molecule has 0 aliphatic rings. The molecule has 0 fully saturated rings. The summed E-state index contributed by atoms with van der Waals surface area (Å²) < 4.78 is 8.25. The van der Waals surface area contributed by atoms with Crippen LogP contribution >= 0.6 is 0 Å². The number of hydrogen-bond acceptors (Lipinski definition) is 5. The molecule has 8 heteroatoms. The second-order valence-corrected chi connectivity index (χ2v) is 6.28. The SMILES string of the molecule is O=C(O)c1ccccc1.O=C(O)c1ccccc1.O=[C-]c1ccccc1.O=[C-]c1ccccc1.[O]=[Ti+2]. The van der Waals surface area contributed by atoms with Gasteiger partial charge in [-0.05, 0) is 24.3 Å². The summed E-state index contributed by atoms with van der Waals surface area (Å²) in [5.41, 5.74) is 1.87. The number of carbonyl (C=O) groups is 2. The number of benzene rings is 4. The van der Waals surface area contributed by atoms with Gasteiger partial charge in [-0.25, -0.2) is 9.59 Å². The Bertz CT molecular complexity index is 1040. The molecule has 36 heavy (non-hydrogen) atoms. The molecule has 0 bridgehead atoms. The molecule has 0 saturated heterocycles. The summed E-state index contributed by atoms with van der Waals surface area (Å²) in [7, 11) is 0. The third-order valence-electron chi connectivity index (χ3n) is 3.82. The van der Waals surface area contributed by atoms with Crippen LogP contribution < -0.4 is 0 Å². The van der Waals surface area contributed by atoms with E-state index < -0.39 is 11.9 Å². The summed E-state index contributed by atoms with van der Waals surface area (Å²) in [5.74, 6) is -1.76. The molecule has 0 aliphatic heterocycles. The first-order chi connectivity index (χ1) is 17.5. The van der Waals surface area contributed by atoms with Crippen LogP contribution in [0.5, 0.6) is 0 Å². The summed E-state index contributed by atoms with van der Waals surface area (Å²) in [6.07, 6.45) is 3.55. The number of carbonyl (C=O) groups excluding carboxylic acids is 2. The van der Waals surface area contributed by atoms with Crippen LogP contribution in [0.15, 0.2) is 121 Å². The number of carboxylic acids is 2. The van der Waals surface area contributed by atoms with Gasteiger partial charge in [-0.15, -0.1) is 24.3 Å². The number of carboxylic acid groups (broad SMARTS) is 2. The van der Waals surface area contributed by atoms with Crippen LogP contribution in [0.2, 0.25) is 0 Å². The number of hydrogen-bond donors (Lipinski definition) is 2. The van der Waals surface area contributed by atoms with E-state index in [0.717, 1.165) is 20.4 Å². The maximum absolute atomic E-state index is 10.2. The topological polar surface area (TPSA) is 126 Å². The zero-order valence-electron chi connectivity index (χ0n) is 19.0. The third-order valence-corrected chi connectivity index (χ3v) is 3.82. The van der Waals surface area contributed by atoms with Gasteiger partial charge in [0.2, 0.25) is 0 Å².